The number of thiazole rings is 1. The summed E-state index contributed by atoms with van der Waals surface area (Å²) >= 11 is 1.61. The molecule has 0 saturated carbocycles. The van der Waals surface area contributed by atoms with E-state index in [4.69, 9.17) is 0 Å². The van der Waals surface area contributed by atoms with E-state index < -0.39 is 0 Å². The lowest BCUT2D eigenvalue weighted by molar-refractivity contribution is 0.862. The molecule has 1 aromatic carbocycles. The van der Waals surface area contributed by atoms with E-state index in [0.717, 1.165) is 10.5 Å². The van der Waals surface area contributed by atoms with Gasteiger partial charge in [0.2, 0.25) is 4.80 Å². The summed E-state index contributed by atoms with van der Waals surface area (Å²) in [5, 5.41) is 10.5. The van der Waals surface area contributed by atoms with E-state index in [-0.39, 0.29) is 0 Å². The third-order valence-corrected chi connectivity index (χ3v) is 3.51. The molecule has 0 aliphatic rings. The smallest absolute Gasteiger partial charge is 0.210 e. The van der Waals surface area contributed by atoms with E-state index in [2.05, 4.69) is 51.3 Å². The first-order chi connectivity index (χ1) is 8.58. The number of hydrogen-bond acceptors (Lipinski definition) is 3. The fraction of sp³-hybridized carbons (Fsp3) is 0.286. The Morgan fingerprint density at radius 2 is 1.83 bits per heavy atom. The van der Waals surface area contributed by atoms with Crippen molar-refractivity contribution in [3.8, 4) is 11.3 Å². The Balaban J connectivity index is 2.46. The molecule has 18 heavy (non-hydrogen) atoms. The number of aromatic nitrogens is 1. The summed E-state index contributed by atoms with van der Waals surface area (Å²) in [4.78, 5) is 0.909. The zero-order valence-corrected chi connectivity index (χ0v) is 12.0. The Morgan fingerprint density at radius 1 is 1.17 bits per heavy atom. The van der Waals surface area contributed by atoms with E-state index >= 15 is 0 Å². The van der Waals surface area contributed by atoms with Crippen LogP contribution >= 0.6 is 11.3 Å². The van der Waals surface area contributed by atoms with Gasteiger partial charge in [0.1, 0.15) is 0 Å². The van der Waals surface area contributed by atoms with Gasteiger partial charge < -0.3 is 4.57 Å². The Kier molecular flexibility index (Phi) is 3.77. The largest absolute Gasteiger partial charge is 0.318 e. The second kappa shape index (κ2) is 5.31. The van der Waals surface area contributed by atoms with E-state index in [0.29, 0.717) is 0 Å². The Morgan fingerprint density at radius 3 is 2.44 bits per heavy atom. The molecule has 0 aliphatic carbocycles. The van der Waals surface area contributed by atoms with Gasteiger partial charge in [0.15, 0.2) is 0 Å². The molecule has 0 fully saturated rings. The summed E-state index contributed by atoms with van der Waals surface area (Å²) in [6, 6.07) is 8.52. The second-order valence-corrected chi connectivity index (χ2v) is 5.31. The Labute approximate surface area is 111 Å². The molecule has 0 atom stereocenters. The first kappa shape index (κ1) is 12.8. The van der Waals surface area contributed by atoms with Crippen LogP contribution in [0.3, 0.4) is 0 Å². The number of hydrogen-bond donors (Lipinski definition) is 0. The number of aryl methyl sites for hydroxylation is 1. The summed E-state index contributed by atoms with van der Waals surface area (Å²) in [5.74, 6) is 0. The molecule has 0 bridgehead atoms. The summed E-state index contributed by atoms with van der Waals surface area (Å²) in [6.45, 7) is 5.98. The molecule has 0 spiro atoms. The van der Waals surface area contributed by atoms with Crippen molar-refractivity contribution in [1.82, 2.24) is 4.57 Å². The molecule has 1 aromatic heterocycles. The molecule has 0 amide bonds. The Hall–Kier alpha value is -1.68. The van der Waals surface area contributed by atoms with Crippen molar-refractivity contribution < 1.29 is 0 Å². The van der Waals surface area contributed by atoms with E-state index in [1.807, 2.05) is 20.9 Å². The lowest BCUT2D eigenvalue weighted by Gasteiger charge is -2.02. The molecule has 0 aliphatic heterocycles. The van der Waals surface area contributed by atoms with Crippen LogP contribution in [0.2, 0.25) is 0 Å². The summed E-state index contributed by atoms with van der Waals surface area (Å²) < 4.78 is 2.07. The third-order valence-electron chi connectivity index (χ3n) is 2.61. The molecule has 0 saturated heterocycles. The fourth-order valence-corrected chi connectivity index (χ4v) is 2.44. The van der Waals surface area contributed by atoms with Crippen molar-refractivity contribution in [3.63, 3.8) is 0 Å². The first-order valence-corrected chi connectivity index (χ1v) is 6.72. The molecule has 94 valence electrons. The predicted molar refractivity (Wildman–Crippen MR) is 77.8 cm³/mol. The van der Waals surface area contributed by atoms with Gasteiger partial charge >= 0.3 is 0 Å². The molecule has 2 aromatic rings. The molecular formula is C14H17N3S. The minimum absolute atomic E-state index is 0.909. The average Bonchev–Trinajstić information content (AvgIpc) is 2.69. The van der Waals surface area contributed by atoms with Crippen molar-refractivity contribution in [2.24, 2.45) is 17.3 Å². The lowest BCUT2D eigenvalue weighted by Crippen LogP contribution is -2.10. The van der Waals surface area contributed by atoms with Crippen LogP contribution in [0.4, 0.5) is 0 Å². The van der Waals surface area contributed by atoms with Gasteiger partial charge in [0.05, 0.1) is 5.69 Å². The fourth-order valence-electron chi connectivity index (χ4n) is 1.59. The van der Waals surface area contributed by atoms with Gasteiger partial charge in [-0.25, -0.2) is 0 Å². The molecule has 0 N–H and O–H groups in total. The highest BCUT2D eigenvalue weighted by Gasteiger charge is 2.03. The average molecular weight is 259 g/mol. The maximum absolute atomic E-state index is 4.24. The van der Waals surface area contributed by atoms with Crippen molar-refractivity contribution >= 4 is 17.0 Å². The van der Waals surface area contributed by atoms with Gasteiger partial charge in [-0.05, 0) is 26.3 Å². The SMILES string of the molecule is CC(C)=NN=c1scc(-c2ccc(C)cc2)n1C. The number of rotatable bonds is 2. The van der Waals surface area contributed by atoms with Gasteiger partial charge in [0, 0.05) is 18.1 Å². The zero-order chi connectivity index (χ0) is 13.1. The van der Waals surface area contributed by atoms with Crippen LogP contribution in [-0.4, -0.2) is 10.3 Å². The van der Waals surface area contributed by atoms with Crippen LogP contribution in [0.5, 0.6) is 0 Å². The van der Waals surface area contributed by atoms with Gasteiger partial charge in [-0.15, -0.1) is 16.4 Å². The van der Waals surface area contributed by atoms with E-state index in [1.165, 1.54) is 16.8 Å². The minimum atomic E-state index is 0.909. The highest BCUT2D eigenvalue weighted by molar-refractivity contribution is 7.07. The highest BCUT2D eigenvalue weighted by atomic mass is 32.1. The van der Waals surface area contributed by atoms with Crippen LogP contribution in [0.25, 0.3) is 11.3 Å². The standard InChI is InChI=1S/C14H17N3S/c1-10(2)15-16-14-17(4)13(9-18-14)12-7-5-11(3)6-8-12/h5-9H,1-4H3. The molecular weight excluding hydrogens is 242 g/mol. The maximum Gasteiger partial charge on any atom is 0.210 e. The summed E-state index contributed by atoms with van der Waals surface area (Å²) in [5.41, 5.74) is 4.61. The maximum atomic E-state index is 4.24. The van der Waals surface area contributed by atoms with Crippen LogP contribution in [0.15, 0.2) is 39.8 Å². The van der Waals surface area contributed by atoms with Crippen LogP contribution < -0.4 is 4.80 Å². The number of benzene rings is 1. The van der Waals surface area contributed by atoms with Crippen LogP contribution in [0.1, 0.15) is 19.4 Å². The zero-order valence-electron chi connectivity index (χ0n) is 11.1. The van der Waals surface area contributed by atoms with Gasteiger partial charge in [0.25, 0.3) is 0 Å². The van der Waals surface area contributed by atoms with Crippen molar-refractivity contribution in [3.05, 3.63) is 40.0 Å². The van der Waals surface area contributed by atoms with E-state index in [1.54, 1.807) is 11.3 Å². The first-order valence-electron chi connectivity index (χ1n) is 5.84. The van der Waals surface area contributed by atoms with Gasteiger partial charge in [-0.1, -0.05) is 29.8 Å². The highest BCUT2D eigenvalue weighted by Crippen LogP contribution is 2.19. The Bertz CT molecular complexity index is 626. The summed E-state index contributed by atoms with van der Waals surface area (Å²) in [6.07, 6.45) is 0. The molecule has 0 radical (unpaired) electrons. The molecule has 0 unspecified atom stereocenters. The third kappa shape index (κ3) is 2.76. The van der Waals surface area contributed by atoms with Crippen molar-refractivity contribution in [1.29, 1.82) is 0 Å². The summed E-state index contributed by atoms with van der Waals surface area (Å²) in [7, 11) is 2.02. The molecule has 3 nitrogen and oxygen atoms in total. The second-order valence-electron chi connectivity index (χ2n) is 4.48. The molecule has 4 heteroatoms. The lowest BCUT2D eigenvalue weighted by atomic mass is 10.1. The minimum Gasteiger partial charge on any atom is -0.318 e. The van der Waals surface area contributed by atoms with Crippen LogP contribution in [-0.2, 0) is 7.05 Å². The van der Waals surface area contributed by atoms with Gasteiger partial charge in [-0.2, -0.15) is 5.10 Å². The monoisotopic (exact) mass is 259 g/mol. The van der Waals surface area contributed by atoms with Crippen LogP contribution in [0, 0.1) is 6.92 Å². The quantitative estimate of drug-likeness (QED) is 0.585. The molecule has 1 heterocycles. The van der Waals surface area contributed by atoms with E-state index in [9.17, 15) is 0 Å². The normalized spacial score (nSPS) is 11.7. The van der Waals surface area contributed by atoms with Crippen molar-refractivity contribution in [2.45, 2.75) is 20.8 Å². The molecule has 2 rings (SSSR count). The van der Waals surface area contributed by atoms with Crippen molar-refractivity contribution in [2.75, 3.05) is 0 Å². The topological polar surface area (TPSA) is 29.6 Å². The number of nitrogens with zero attached hydrogens (tertiary/aromatic N) is 3. The van der Waals surface area contributed by atoms with Gasteiger partial charge in [-0.3, -0.25) is 0 Å². The predicted octanol–water partition coefficient (Wildman–Crippen LogP) is 3.36.